The van der Waals surface area contributed by atoms with Gasteiger partial charge in [0.1, 0.15) is 6.04 Å². The molecule has 0 aromatic heterocycles. The minimum absolute atomic E-state index is 0.0528. The third-order valence-electron chi connectivity index (χ3n) is 5.33. The van der Waals surface area contributed by atoms with Crippen LogP contribution in [0.25, 0.3) is 0 Å². The van der Waals surface area contributed by atoms with Gasteiger partial charge in [-0.25, -0.2) is 0 Å². The zero-order valence-corrected chi connectivity index (χ0v) is 19.6. The van der Waals surface area contributed by atoms with Crippen LogP contribution in [0.1, 0.15) is 50.3 Å². The Kier molecular flexibility index (Phi) is 9.19. The summed E-state index contributed by atoms with van der Waals surface area (Å²) in [6, 6.07) is 12.6. The lowest BCUT2D eigenvalue weighted by atomic mass is 10.0. The van der Waals surface area contributed by atoms with E-state index >= 15 is 0 Å². The van der Waals surface area contributed by atoms with Crippen molar-refractivity contribution in [2.75, 3.05) is 0 Å². The molecule has 1 N–H and O–H groups in total. The molecule has 2 unspecified atom stereocenters. The van der Waals surface area contributed by atoms with Crippen molar-refractivity contribution >= 4 is 35.0 Å². The number of hydrogen-bond donors (Lipinski definition) is 1. The van der Waals surface area contributed by atoms with Crippen LogP contribution in [0.3, 0.4) is 0 Å². The van der Waals surface area contributed by atoms with Crippen molar-refractivity contribution in [1.29, 1.82) is 0 Å². The molecule has 30 heavy (non-hydrogen) atoms. The standard InChI is InChI=1S/C24H30Cl2N2O2/c1-5-17(4)27-24(30)22(6-2)28(15-19-10-8-7-9-16(19)3)23(29)14-18-11-12-20(25)21(26)13-18/h7-13,17,22H,5-6,14-15H2,1-4H3,(H,27,30). The van der Waals surface area contributed by atoms with Gasteiger partial charge in [0.05, 0.1) is 16.5 Å². The highest BCUT2D eigenvalue weighted by atomic mass is 35.5. The average Bonchev–Trinajstić information content (AvgIpc) is 2.71. The van der Waals surface area contributed by atoms with Crippen molar-refractivity contribution in [3.63, 3.8) is 0 Å². The molecular weight excluding hydrogens is 419 g/mol. The van der Waals surface area contributed by atoms with Crippen molar-refractivity contribution in [2.24, 2.45) is 0 Å². The Morgan fingerprint density at radius 1 is 1.03 bits per heavy atom. The summed E-state index contributed by atoms with van der Waals surface area (Å²) in [6.07, 6.45) is 1.51. The van der Waals surface area contributed by atoms with Crippen molar-refractivity contribution in [2.45, 2.75) is 65.6 Å². The quantitative estimate of drug-likeness (QED) is 0.545. The monoisotopic (exact) mass is 448 g/mol. The number of nitrogens with one attached hydrogen (secondary N) is 1. The Morgan fingerprint density at radius 3 is 2.33 bits per heavy atom. The fraction of sp³-hybridized carbons (Fsp3) is 0.417. The fourth-order valence-corrected chi connectivity index (χ4v) is 3.58. The van der Waals surface area contributed by atoms with Gasteiger partial charge in [0.15, 0.2) is 0 Å². The van der Waals surface area contributed by atoms with Gasteiger partial charge < -0.3 is 10.2 Å². The first kappa shape index (κ1) is 24.2. The van der Waals surface area contributed by atoms with E-state index in [4.69, 9.17) is 23.2 Å². The Labute approximate surface area is 189 Å². The van der Waals surface area contributed by atoms with Crippen LogP contribution in [0, 0.1) is 6.92 Å². The fourth-order valence-electron chi connectivity index (χ4n) is 3.26. The summed E-state index contributed by atoms with van der Waals surface area (Å²) in [7, 11) is 0. The molecule has 4 nitrogen and oxygen atoms in total. The maximum Gasteiger partial charge on any atom is 0.243 e. The van der Waals surface area contributed by atoms with Crippen molar-refractivity contribution < 1.29 is 9.59 Å². The lowest BCUT2D eigenvalue weighted by Crippen LogP contribution is -2.51. The maximum absolute atomic E-state index is 13.4. The third kappa shape index (κ3) is 6.48. The summed E-state index contributed by atoms with van der Waals surface area (Å²) in [5.41, 5.74) is 2.87. The van der Waals surface area contributed by atoms with Crippen LogP contribution in [0.2, 0.25) is 10.0 Å². The number of carbonyl (C=O) groups is 2. The highest BCUT2D eigenvalue weighted by Crippen LogP contribution is 2.24. The van der Waals surface area contributed by atoms with E-state index < -0.39 is 6.04 Å². The smallest absolute Gasteiger partial charge is 0.243 e. The summed E-state index contributed by atoms with van der Waals surface area (Å²) in [4.78, 5) is 28.0. The number of nitrogens with zero attached hydrogens (tertiary/aromatic N) is 1. The van der Waals surface area contributed by atoms with E-state index in [9.17, 15) is 9.59 Å². The molecule has 2 aromatic rings. The van der Waals surface area contributed by atoms with E-state index in [2.05, 4.69) is 5.32 Å². The van der Waals surface area contributed by atoms with Crippen LogP contribution in [0.5, 0.6) is 0 Å². The molecule has 0 heterocycles. The molecule has 0 radical (unpaired) electrons. The number of carbonyl (C=O) groups excluding carboxylic acids is 2. The number of benzene rings is 2. The van der Waals surface area contributed by atoms with E-state index in [-0.39, 0.29) is 24.3 Å². The third-order valence-corrected chi connectivity index (χ3v) is 6.07. The lowest BCUT2D eigenvalue weighted by Gasteiger charge is -2.32. The van der Waals surface area contributed by atoms with Gasteiger partial charge in [0.25, 0.3) is 0 Å². The molecule has 2 atom stereocenters. The van der Waals surface area contributed by atoms with Crippen molar-refractivity contribution in [3.8, 4) is 0 Å². The van der Waals surface area contributed by atoms with Crippen molar-refractivity contribution in [3.05, 3.63) is 69.2 Å². The van der Waals surface area contributed by atoms with Gasteiger partial charge in [-0.05, 0) is 55.5 Å². The topological polar surface area (TPSA) is 49.4 Å². The molecule has 0 saturated heterocycles. The lowest BCUT2D eigenvalue weighted by molar-refractivity contribution is -0.141. The summed E-state index contributed by atoms with van der Waals surface area (Å²) < 4.78 is 0. The molecule has 0 bridgehead atoms. The highest BCUT2D eigenvalue weighted by molar-refractivity contribution is 6.42. The Morgan fingerprint density at radius 2 is 1.73 bits per heavy atom. The maximum atomic E-state index is 13.4. The van der Waals surface area contributed by atoms with Crippen molar-refractivity contribution in [1.82, 2.24) is 10.2 Å². The molecule has 0 saturated carbocycles. The van der Waals surface area contributed by atoms with E-state index in [0.717, 1.165) is 23.1 Å². The Balaban J connectivity index is 2.33. The van der Waals surface area contributed by atoms with E-state index in [1.165, 1.54) is 0 Å². The first-order valence-corrected chi connectivity index (χ1v) is 11.1. The molecule has 0 fully saturated rings. The molecule has 162 valence electrons. The van der Waals surface area contributed by atoms with E-state index in [1.807, 2.05) is 52.0 Å². The SMILES string of the molecule is CCC(C)NC(=O)C(CC)N(Cc1ccccc1C)C(=O)Cc1ccc(Cl)c(Cl)c1. The molecule has 2 rings (SSSR count). The van der Waals surface area contributed by atoms with Crippen LogP contribution in [0.15, 0.2) is 42.5 Å². The molecular formula is C24H30Cl2N2O2. The minimum atomic E-state index is -0.547. The number of halogens is 2. The van der Waals surface area contributed by atoms with Crippen LogP contribution < -0.4 is 5.32 Å². The number of hydrogen-bond acceptors (Lipinski definition) is 2. The molecule has 2 amide bonds. The van der Waals surface area contributed by atoms with Crippen LogP contribution >= 0.6 is 23.2 Å². The second-order valence-electron chi connectivity index (χ2n) is 7.62. The zero-order valence-electron chi connectivity index (χ0n) is 18.0. The summed E-state index contributed by atoms with van der Waals surface area (Å²) >= 11 is 12.1. The second-order valence-corrected chi connectivity index (χ2v) is 8.43. The molecule has 0 spiro atoms. The molecule has 0 aliphatic rings. The van der Waals surface area contributed by atoms with Crippen LogP contribution in [-0.2, 0) is 22.6 Å². The van der Waals surface area contributed by atoms with Gasteiger partial charge in [-0.3, -0.25) is 9.59 Å². The Bertz CT molecular complexity index is 885. The van der Waals surface area contributed by atoms with Crippen LogP contribution in [-0.4, -0.2) is 28.8 Å². The molecule has 2 aromatic carbocycles. The van der Waals surface area contributed by atoms with Gasteiger partial charge in [-0.2, -0.15) is 0 Å². The van der Waals surface area contributed by atoms with Gasteiger partial charge >= 0.3 is 0 Å². The van der Waals surface area contributed by atoms with Gasteiger partial charge in [0.2, 0.25) is 11.8 Å². The average molecular weight is 449 g/mol. The predicted molar refractivity (Wildman–Crippen MR) is 124 cm³/mol. The number of rotatable bonds is 9. The summed E-state index contributed by atoms with van der Waals surface area (Å²) in [6.45, 7) is 8.30. The zero-order chi connectivity index (χ0) is 22.3. The highest BCUT2D eigenvalue weighted by Gasteiger charge is 2.29. The predicted octanol–water partition coefficient (Wildman–Crippen LogP) is 5.57. The van der Waals surface area contributed by atoms with Gasteiger partial charge in [-0.15, -0.1) is 0 Å². The largest absolute Gasteiger partial charge is 0.352 e. The van der Waals surface area contributed by atoms with Crippen LogP contribution in [0.4, 0.5) is 0 Å². The molecule has 0 aliphatic heterocycles. The first-order valence-electron chi connectivity index (χ1n) is 10.3. The first-order chi connectivity index (χ1) is 14.3. The Hall–Kier alpha value is -2.04. The van der Waals surface area contributed by atoms with E-state index in [0.29, 0.717) is 23.0 Å². The number of aryl methyl sites for hydroxylation is 1. The molecule has 6 heteroatoms. The second kappa shape index (κ2) is 11.4. The summed E-state index contributed by atoms with van der Waals surface area (Å²) in [5.74, 6) is -0.245. The van der Waals surface area contributed by atoms with Gasteiger partial charge in [0, 0.05) is 12.6 Å². The summed E-state index contributed by atoms with van der Waals surface area (Å²) in [5, 5.41) is 3.88. The molecule has 0 aliphatic carbocycles. The minimum Gasteiger partial charge on any atom is -0.352 e. The van der Waals surface area contributed by atoms with E-state index in [1.54, 1.807) is 23.1 Å². The number of amides is 2. The van der Waals surface area contributed by atoms with Gasteiger partial charge in [-0.1, -0.05) is 67.4 Å². The normalized spacial score (nSPS) is 12.9.